The average Bonchev–Trinajstić information content (AvgIpc) is 2.52. The highest BCUT2D eigenvalue weighted by Crippen LogP contribution is 2.09. The summed E-state index contributed by atoms with van der Waals surface area (Å²) in [7, 11) is -3.95. The minimum atomic E-state index is -3.95. The number of hydrogen-bond donors (Lipinski definition) is 1. The summed E-state index contributed by atoms with van der Waals surface area (Å²) < 4.78 is 43.3. The van der Waals surface area contributed by atoms with Gasteiger partial charge in [0.2, 0.25) is 10.0 Å². The van der Waals surface area contributed by atoms with E-state index in [0.29, 0.717) is 13.1 Å². The Labute approximate surface area is 134 Å². The Bertz CT molecular complexity index is 642. The standard InChI is InChI=1S/C14H19FN2O5S/c1-3-17(4-2)13(18)10-22-14(19)9-16-23(20,21)12-7-5-11(15)6-8-12/h5-8,16H,3-4,9-10H2,1-2H3. The van der Waals surface area contributed by atoms with Crippen molar-refractivity contribution < 1.29 is 27.1 Å². The molecule has 0 heterocycles. The summed E-state index contributed by atoms with van der Waals surface area (Å²) >= 11 is 0. The number of nitrogens with one attached hydrogen (secondary N) is 1. The van der Waals surface area contributed by atoms with Crippen LogP contribution >= 0.6 is 0 Å². The predicted molar refractivity (Wildman–Crippen MR) is 80.5 cm³/mol. The molecule has 1 N–H and O–H groups in total. The molecule has 0 aliphatic heterocycles. The van der Waals surface area contributed by atoms with Gasteiger partial charge in [0.05, 0.1) is 4.90 Å². The molecule has 1 amide bonds. The molecule has 128 valence electrons. The third kappa shape index (κ3) is 5.95. The smallest absolute Gasteiger partial charge is 0.321 e. The van der Waals surface area contributed by atoms with Crippen molar-refractivity contribution in [2.75, 3.05) is 26.2 Å². The molecule has 7 nitrogen and oxygen atoms in total. The fourth-order valence-corrected chi connectivity index (χ4v) is 2.68. The van der Waals surface area contributed by atoms with Gasteiger partial charge in [-0.2, -0.15) is 4.72 Å². The summed E-state index contributed by atoms with van der Waals surface area (Å²) in [6.07, 6.45) is 0. The number of halogens is 1. The first-order valence-electron chi connectivity index (χ1n) is 6.98. The first kappa shape index (κ1) is 19.0. The molecule has 0 saturated carbocycles. The van der Waals surface area contributed by atoms with Crippen LogP contribution in [0.5, 0.6) is 0 Å². The van der Waals surface area contributed by atoms with E-state index in [2.05, 4.69) is 0 Å². The maximum Gasteiger partial charge on any atom is 0.321 e. The van der Waals surface area contributed by atoms with Crippen LogP contribution in [0.25, 0.3) is 0 Å². The molecule has 0 fully saturated rings. The lowest BCUT2D eigenvalue weighted by Gasteiger charge is -2.18. The average molecular weight is 346 g/mol. The maximum absolute atomic E-state index is 12.8. The van der Waals surface area contributed by atoms with E-state index in [1.165, 1.54) is 4.90 Å². The van der Waals surface area contributed by atoms with Gasteiger partial charge in [0.1, 0.15) is 12.4 Å². The Morgan fingerprint density at radius 1 is 1.17 bits per heavy atom. The van der Waals surface area contributed by atoms with Crippen molar-refractivity contribution in [3.8, 4) is 0 Å². The minimum Gasteiger partial charge on any atom is -0.455 e. The van der Waals surface area contributed by atoms with Crippen molar-refractivity contribution >= 4 is 21.9 Å². The fraction of sp³-hybridized carbons (Fsp3) is 0.429. The summed E-state index contributed by atoms with van der Waals surface area (Å²) in [5, 5.41) is 0. The number of carbonyl (C=O) groups excluding carboxylic acids is 2. The molecule has 0 aliphatic rings. The number of sulfonamides is 1. The molecule has 0 atom stereocenters. The number of ether oxygens (including phenoxy) is 1. The number of rotatable bonds is 8. The van der Waals surface area contributed by atoms with Crippen LogP contribution in [0.3, 0.4) is 0 Å². The molecule has 1 rings (SSSR count). The SMILES string of the molecule is CCN(CC)C(=O)COC(=O)CNS(=O)(=O)c1ccc(F)cc1. The topological polar surface area (TPSA) is 92.8 Å². The van der Waals surface area contributed by atoms with Crippen molar-refractivity contribution in [1.29, 1.82) is 0 Å². The normalized spacial score (nSPS) is 11.1. The number of nitrogens with zero attached hydrogens (tertiary/aromatic N) is 1. The number of hydrogen-bond acceptors (Lipinski definition) is 5. The van der Waals surface area contributed by atoms with Gasteiger partial charge in [-0.05, 0) is 38.1 Å². The summed E-state index contributed by atoms with van der Waals surface area (Å²) in [5.41, 5.74) is 0. The maximum atomic E-state index is 12.8. The molecular weight excluding hydrogens is 327 g/mol. The van der Waals surface area contributed by atoms with Gasteiger partial charge in [0.25, 0.3) is 5.91 Å². The van der Waals surface area contributed by atoms with E-state index in [1.54, 1.807) is 13.8 Å². The summed E-state index contributed by atoms with van der Waals surface area (Å²) in [5.74, 6) is -1.81. The van der Waals surface area contributed by atoms with Crippen molar-refractivity contribution in [3.05, 3.63) is 30.1 Å². The van der Waals surface area contributed by atoms with E-state index < -0.39 is 35.0 Å². The molecule has 0 spiro atoms. The molecule has 0 radical (unpaired) electrons. The number of esters is 1. The van der Waals surface area contributed by atoms with Crippen molar-refractivity contribution in [2.45, 2.75) is 18.7 Å². The van der Waals surface area contributed by atoms with E-state index in [1.807, 2.05) is 4.72 Å². The van der Waals surface area contributed by atoms with Gasteiger partial charge >= 0.3 is 5.97 Å². The molecule has 0 unspecified atom stereocenters. The second kappa shape index (κ2) is 8.59. The molecule has 0 aromatic heterocycles. The summed E-state index contributed by atoms with van der Waals surface area (Å²) in [6, 6.07) is 4.14. The predicted octanol–water partition coefficient (Wildman–Crippen LogP) is 0.516. The van der Waals surface area contributed by atoms with Crippen LogP contribution in [0, 0.1) is 5.82 Å². The lowest BCUT2D eigenvalue weighted by Crippen LogP contribution is -2.36. The van der Waals surface area contributed by atoms with Crippen LogP contribution < -0.4 is 4.72 Å². The van der Waals surface area contributed by atoms with Crippen molar-refractivity contribution in [1.82, 2.24) is 9.62 Å². The van der Waals surface area contributed by atoms with Gasteiger partial charge in [0, 0.05) is 13.1 Å². The molecular formula is C14H19FN2O5S. The monoisotopic (exact) mass is 346 g/mol. The van der Waals surface area contributed by atoms with Gasteiger partial charge in [-0.15, -0.1) is 0 Å². The first-order chi connectivity index (χ1) is 10.8. The van der Waals surface area contributed by atoms with E-state index in [4.69, 9.17) is 4.74 Å². The molecule has 9 heteroatoms. The molecule has 1 aromatic carbocycles. The van der Waals surface area contributed by atoms with Gasteiger partial charge < -0.3 is 9.64 Å². The number of amides is 1. The van der Waals surface area contributed by atoms with Crippen LogP contribution in [-0.2, 0) is 24.3 Å². The van der Waals surface area contributed by atoms with E-state index in [9.17, 15) is 22.4 Å². The van der Waals surface area contributed by atoms with E-state index in [0.717, 1.165) is 24.3 Å². The van der Waals surface area contributed by atoms with Gasteiger partial charge in [0.15, 0.2) is 6.61 Å². The lowest BCUT2D eigenvalue weighted by atomic mass is 10.4. The Kier molecular flexibility index (Phi) is 7.11. The number of benzene rings is 1. The quantitative estimate of drug-likeness (QED) is 0.693. The van der Waals surface area contributed by atoms with Gasteiger partial charge in [-0.25, -0.2) is 12.8 Å². The molecule has 23 heavy (non-hydrogen) atoms. The van der Waals surface area contributed by atoms with Gasteiger partial charge in [-0.1, -0.05) is 0 Å². The zero-order chi connectivity index (χ0) is 17.5. The Morgan fingerprint density at radius 3 is 2.26 bits per heavy atom. The number of likely N-dealkylation sites (N-methyl/N-ethyl adjacent to an activating group) is 1. The highest BCUT2D eigenvalue weighted by atomic mass is 32.2. The van der Waals surface area contributed by atoms with E-state index >= 15 is 0 Å². The zero-order valence-corrected chi connectivity index (χ0v) is 13.7. The third-order valence-corrected chi connectivity index (χ3v) is 4.42. The summed E-state index contributed by atoms with van der Waals surface area (Å²) in [6.45, 7) is 3.50. The number of carbonyl (C=O) groups is 2. The Morgan fingerprint density at radius 2 is 1.74 bits per heavy atom. The van der Waals surface area contributed by atoms with Crippen LogP contribution in [-0.4, -0.2) is 51.4 Å². The highest BCUT2D eigenvalue weighted by Gasteiger charge is 2.17. The van der Waals surface area contributed by atoms with E-state index in [-0.39, 0.29) is 10.8 Å². The first-order valence-corrected chi connectivity index (χ1v) is 8.47. The van der Waals surface area contributed by atoms with Crippen LogP contribution in [0.2, 0.25) is 0 Å². The fourth-order valence-electron chi connectivity index (χ4n) is 1.71. The largest absolute Gasteiger partial charge is 0.455 e. The second-order valence-corrected chi connectivity index (χ2v) is 6.27. The third-order valence-electron chi connectivity index (χ3n) is 3.00. The molecule has 0 aliphatic carbocycles. The minimum absolute atomic E-state index is 0.175. The zero-order valence-electron chi connectivity index (χ0n) is 12.9. The molecule has 1 aromatic rings. The molecule has 0 bridgehead atoms. The van der Waals surface area contributed by atoms with Gasteiger partial charge in [-0.3, -0.25) is 9.59 Å². The Hall–Kier alpha value is -2.00. The summed E-state index contributed by atoms with van der Waals surface area (Å²) in [4.78, 5) is 24.4. The second-order valence-electron chi connectivity index (χ2n) is 4.51. The van der Waals surface area contributed by atoms with Crippen molar-refractivity contribution in [3.63, 3.8) is 0 Å². The Balaban J connectivity index is 2.49. The highest BCUT2D eigenvalue weighted by molar-refractivity contribution is 7.89. The lowest BCUT2D eigenvalue weighted by molar-refractivity contribution is -0.150. The van der Waals surface area contributed by atoms with Crippen LogP contribution in [0.1, 0.15) is 13.8 Å². The molecule has 0 saturated heterocycles. The van der Waals surface area contributed by atoms with Crippen LogP contribution in [0.4, 0.5) is 4.39 Å². The van der Waals surface area contributed by atoms with Crippen LogP contribution in [0.15, 0.2) is 29.2 Å². The van der Waals surface area contributed by atoms with Crippen molar-refractivity contribution in [2.24, 2.45) is 0 Å².